The van der Waals surface area contributed by atoms with Crippen molar-refractivity contribution in [2.45, 2.75) is 45.4 Å². The third-order valence-corrected chi connectivity index (χ3v) is 2.90. The van der Waals surface area contributed by atoms with Crippen LogP contribution in [0, 0.1) is 0 Å². The van der Waals surface area contributed by atoms with E-state index >= 15 is 0 Å². The van der Waals surface area contributed by atoms with E-state index in [1.807, 2.05) is 0 Å². The molecule has 0 amide bonds. The maximum absolute atomic E-state index is 10.7. The molecular weight excluding hydrogens is 329 g/mol. The monoisotopic (exact) mass is 345 g/mol. The van der Waals surface area contributed by atoms with Gasteiger partial charge in [0.15, 0.2) is 0 Å². The van der Waals surface area contributed by atoms with Crippen molar-refractivity contribution in [2.24, 2.45) is 0 Å². The molecule has 61 valence electrons. The van der Waals surface area contributed by atoms with Crippen molar-refractivity contribution in [3.05, 3.63) is 0 Å². The van der Waals surface area contributed by atoms with Crippen LogP contribution in [0.5, 0.6) is 0 Å². The van der Waals surface area contributed by atoms with Gasteiger partial charge in [-0.2, -0.15) is 0 Å². The van der Waals surface area contributed by atoms with Gasteiger partial charge >= 0.3 is 85.4 Å². The number of hydrogen-bond donors (Lipinski definition) is 0. The summed E-state index contributed by atoms with van der Waals surface area (Å²) in [6.45, 7) is 2.19. The molecule has 3 heteroatoms. The number of rotatable bonds is 6. The van der Waals surface area contributed by atoms with E-state index in [1.165, 1.54) is 25.7 Å². The second kappa shape index (κ2) is 8.50. The fourth-order valence-electron chi connectivity index (χ4n) is 0.945. The number of hydrogen-bond acceptors (Lipinski definition) is 2. The van der Waals surface area contributed by atoms with Gasteiger partial charge in [-0.1, -0.05) is 0 Å². The fourth-order valence-corrected chi connectivity index (χ4v) is 1.51. The molecule has 0 N–H and O–H groups in total. The zero-order valence-corrected chi connectivity index (χ0v) is 12.8. The van der Waals surface area contributed by atoms with Gasteiger partial charge in [-0.05, 0) is 0 Å². The molecule has 0 aliphatic carbocycles. The Hall–Kier alpha value is 0.405. The molecule has 0 spiro atoms. The molecule has 0 aliphatic rings. The molecule has 0 rings (SSSR count). The molecule has 0 fully saturated rings. The van der Waals surface area contributed by atoms with E-state index in [2.05, 4.69) is 6.92 Å². The first-order valence-electron chi connectivity index (χ1n) is 4.26. The molecule has 2 nitrogen and oxygen atoms in total. The van der Waals surface area contributed by atoms with Crippen LogP contribution >= 0.6 is 0 Å². The molecule has 11 heavy (non-hydrogen) atoms. The van der Waals surface area contributed by atoms with E-state index in [9.17, 15) is 4.79 Å². The Kier molecular flexibility index (Phi) is 8.81. The summed E-state index contributed by atoms with van der Waals surface area (Å²) in [6.07, 6.45) is 6.63. The SMILES string of the molecule is CCCCCCCC(=O)[O][Hg]. The Labute approximate surface area is 85.3 Å². The second-order valence-electron chi connectivity index (χ2n) is 2.68. The Morgan fingerprint density at radius 2 is 1.91 bits per heavy atom. The van der Waals surface area contributed by atoms with Gasteiger partial charge in [-0.15, -0.1) is 0 Å². The van der Waals surface area contributed by atoms with Gasteiger partial charge in [-0.25, -0.2) is 0 Å². The molecule has 0 heterocycles. The first-order valence-corrected chi connectivity index (χ1v) is 6.50. The third kappa shape index (κ3) is 8.31. The summed E-state index contributed by atoms with van der Waals surface area (Å²) in [7, 11) is 0. The maximum atomic E-state index is 10.7. The minimum absolute atomic E-state index is 0.00447. The average Bonchev–Trinajstić information content (AvgIpc) is 2.04. The van der Waals surface area contributed by atoms with Crippen molar-refractivity contribution in [2.75, 3.05) is 0 Å². The molecule has 0 aromatic rings. The van der Waals surface area contributed by atoms with Crippen LogP contribution < -0.4 is 0 Å². The molecule has 0 radical (unpaired) electrons. The summed E-state index contributed by atoms with van der Waals surface area (Å²) in [6, 6.07) is 0. The topological polar surface area (TPSA) is 26.3 Å². The number of unbranched alkanes of at least 4 members (excludes halogenated alkanes) is 4. The quantitative estimate of drug-likeness (QED) is 0.546. The first-order chi connectivity index (χ1) is 5.31. The van der Waals surface area contributed by atoms with Crippen LogP contribution in [0.1, 0.15) is 45.4 Å². The molecule has 0 saturated heterocycles. The number of carbonyl (C=O) groups is 1. The van der Waals surface area contributed by atoms with Gasteiger partial charge in [0, 0.05) is 0 Å². The van der Waals surface area contributed by atoms with Crippen molar-refractivity contribution >= 4 is 5.97 Å². The summed E-state index contributed by atoms with van der Waals surface area (Å²) in [5, 5.41) is 0. The molecule has 0 saturated carbocycles. The van der Waals surface area contributed by atoms with Crippen molar-refractivity contribution in [3.63, 3.8) is 0 Å². The van der Waals surface area contributed by atoms with E-state index in [0.717, 1.165) is 6.42 Å². The van der Waals surface area contributed by atoms with Gasteiger partial charge < -0.3 is 0 Å². The van der Waals surface area contributed by atoms with Crippen LogP contribution in [0.3, 0.4) is 0 Å². The normalized spacial score (nSPS) is 9.73. The van der Waals surface area contributed by atoms with Crippen molar-refractivity contribution in [1.82, 2.24) is 0 Å². The molecular formula is C8H15HgO2. The van der Waals surface area contributed by atoms with Crippen LogP contribution in [0.25, 0.3) is 0 Å². The van der Waals surface area contributed by atoms with Gasteiger partial charge in [0.2, 0.25) is 0 Å². The first kappa shape index (κ1) is 11.4. The molecule has 0 aromatic heterocycles. The molecule has 0 unspecified atom stereocenters. The van der Waals surface area contributed by atoms with Crippen LogP contribution in [-0.2, 0) is 34.0 Å². The Bertz CT molecular complexity index is 104. The predicted octanol–water partition coefficient (Wildman–Crippen LogP) is 2.35. The van der Waals surface area contributed by atoms with Gasteiger partial charge in [0.25, 0.3) is 0 Å². The zero-order valence-electron chi connectivity index (χ0n) is 7.27. The Balaban J connectivity index is 2.95. The second-order valence-corrected chi connectivity index (χ2v) is 3.80. The summed E-state index contributed by atoms with van der Waals surface area (Å²) >= 11 is 0.185. The van der Waals surface area contributed by atoms with Crippen molar-refractivity contribution < 1.29 is 34.0 Å². The summed E-state index contributed by atoms with van der Waals surface area (Å²) in [5.41, 5.74) is 0. The van der Waals surface area contributed by atoms with Crippen molar-refractivity contribution in [1.29, 1.82) is 0 Å². The van der Waals surface area contributed by atoms with E-state index in [-0.39, 0.29) is 32.5 Å². The minimum atomic E-state index is 0.00447. The van der Waals surface area contributed by atoms with Crippen molar-refractivity contribution in [3.8, 4) is 0 Å². The number of carbonyl (C=O) groups excluding carboxylic acids is 1. The molecule has 0 aliphatic heterocycles. The molecule has 0 bridgehead atoms. The molecule has 0 aromatic carbocycles. The third-order valence-electron chi connectivity index (χ3n) is 1.65. The van der Waals surface area contributed by atoms with Gasteiger partial charge in [-0.3, -0.25) is 0 Å². The van der Waals surface area contributed by atoms with E-state index < -0.39 is 0 Å². The Morgan fingerprint density at radius 1 is 1.27 bits per heavy atom. The van der Waals surface area contributed by atoms with Gasteiger partial charge in [0.1, 0.15) is 0 Å². The van der Waals surface area contributed by atoms with Crippen LogP contribution in [0.15, 0.2) is 0 Å². The van der Waals surface area contributed by atoms with Gasteiger partial charge in [0.05, 0.1) is 0 Å². The van der Waals surface area contributed by atoms with E-state index in [1.54, 1.807) is 0 Å². The van der Waals surface area contributed by atoms with E-state index in [4.69, 9.17) is 2.64 Å². The Morgan fingerprint density at radius 3 is 2.45 bits per heavy atom. The van der Waals surface area contributed by atoms with Crippen LogP contribution in [0.4, 0.5) is 0 Å². The predicted molar refractivity (Wildman–Crippen MR) is 39.5 cm³/mol. The standard InChI is InChI=1S/C8H16O2.Hg/c1-2-3-4-5-6-7-8(9)10;/h2-7H2,1H3,(H,9,10);/q;+1/p-1. The summed E-state index contributed by atoms with van der Waals surface area (Å²) < 4.78 is 4.71. The van der Waals surface area contributed by atoms with Crippen LogP contribution in [0.2, 0.25) is 0 Å². The zero-order chi connectivity index (χ0) is 8.53. The summed E-state index contributed by atoms with van der Waals surface area (Å²) in [4.78, 5) is 10.7. The molecule has 0 atom stereocenters. The fraction of sp³-hybridized carbons (Fsp3) is 0.875. The van der Waals surface area contributed by atoms with Crippen LogP contribution in [-0.4, -0.2) is 5.97 Å². The summed E-state index contributed by atoms with van der Waals surface area (Å²) in [5.74, 6) is 0.00447. The average molecular weight is 344 g/mol. The van der Waals surface area contributed by atoms with E-state index in [0.29, 0.717) is 6.42 Å².